The maximum atomic E-state index is 12.5. The monoisotopic (exact) mass is 283 g/mol. The molecule has 1 aromatic carbocycles. The lowest BCUT2D eigenvalue weighted by Gasteiger charge is -2.06. The molecule has 3 aromatic rings. The van der Waals surface area contributed by atoms with Crippen LogP contribution in [0.1, 0.15) is 0 Å². The van der Waals surface area contributed by atoms with E-state index in [1.807, 2.05) is 0 Å². The standard InChI is InChI=1S/C15H10ClN3O/c16-12-1-3-13(4-2-12)19-15(20)14(7-10-18-19)11-5-8-17-9-6-11/h1-10H. The lowest BCUT2D eigenvalue weighted by molar-refractivity contribution is 0.809. The van der Waals surface area contributed by atoms with Crippen molar-refractivity contribution in [1.82, 2.24) is 14.8 Å². The van der Waals surface area contributed by atoms with Gasteiger partial charge in [-0.05, 0) is 48.0 Å². The highest BCUT2D eigenvalue weighted by Gasteiger charge is 2.08. The molecule has 0 unspecified atom stereocenters. The van der Waals surface area contributed by atoms with Crippen molar-refractivity contribution in [2.45, 2.75) is 0 Å². The third-order valence-corrected chi connectivity index (χ3v) is 3.16. The number of aromatic nitrogens is 3. The van der Waals surface area contributed by atoms with Crippen LogP contribution in [0.5, 0.6) is 0 Å². The first-order chi connectivity index (χ1) is 9.75. The van der Waals surface area contributed by atoms with E-state index >= 15 is 0 Å². The lowest BCUT2D eigenvalue weighted by atomic mass is 10.1. The van der Waals surface area contributed by atoms with Gasteiger partial charge in [0.2, 0.25) is 0 Å². The first-order valence-corrected chi connectivity index (χ1v) is 6.38. The van der Waals surface area contributed by atoms with Crippen LogP contribution < -0.4 is 5.56 Å². The third kappa shape index (κ3) is 2.33. The molecule has 98 valence electrons. The molecule has 0 N–H and O–H groups in total. The summed E-state index contributed by atoms with van der Waals surface area (Å²) in [4.78, 5) is 16.5. The van der Waals surface area contributed by atoms with Crippen LogP contribution in [0.3, 0.4) is 0 Å². The Morgan fingerprint density at radius 3 is 2.30 bits per heavy atom. The van der Waals surface area contributed by atoms with E-state index in [-0.39, 0.29) is 5.56 Å². The average molecular weight is 284 g/mol. The van der Waals surface area contributed by atoms with Crippen molar-refractivity contribution in [3.8, 4) is 16.8 Å². The maximum absolute atomic E-state index is 12.5. The molecule has 4 nitrogen and oxygen atoms in total. The summed E-state index contributed by atoms with van der Waals surface area (Å²) in [5, 5.41) is 4.73. The van der Waals surface area contributed by atoms with Crippen LogP contribution in [0.25, 0.3) is 16.8 Å². The molecule has 5 heteroatoms. The van der Waals surface area contributed by atoms with Gasteiger partial charge in [0.05, 0.1) is 11.3 Å². The summed E-state index contributed by atoms with van der Waals surface area (Å²) in [6.45, 7) is 0. The van der Waals surface area contributed by atoms with E-state index in [2.05, 4.69) is 10.1 Å². The summed E-state index contributed by atoms with van der Waals surface area (Å²) in [6.07, 6.45) is 4.91. The highest BCUT2D eigenvalue weighted by atomic mass is 35.5. The number of pyridine rings is 1. The molecule has 0 aliphatic heterocycles. The molecule has 0 amide bonds. The minimum atomic E-state index is -0.180. The Morgan fingerprint density at radius 2 is 1.60 bits per heavy atom. The van der Waals surface area contributed by atoms with Gasteiger partial charge < -0.3 is 0 Å². The molecule has 3 rings (SSSR count). The molecule has 0 aliphatic carbocycles. The quantitative estimate of drug-likeness (QED) is 0.726. The zero-order chi connectivity index (χ0) is 13.9. The molecule has 0 spiro atoms. The average Bonchev–Trinajstić information content (AvgIpc) is 2.49. The minimum Gasteiger partial charge on any atom is -0.267 e. The van der Waals surface area contributed by atoms with Gasteiger partial charge in [-0.3, -0.25) is 9.78 Å². The Bertz CT molecular complexity index is 782. The SMILES string of the molecule is O=c1c(-c2ccncc2)ccnn1-c1ccc(Cl)cc1. The van der Waals surface area contributed by atoms with Gasteiger partial charge in [0, 0.05) is 23.6 Å². The predicted octanol–water partition coefficient (Wildman–Crippen LogP) is 2.95. The van der Waals surface area contributed by atoms with E-state index < -0.39 is 0 Å². The van der Waals surface area contributed by atoms with Crippen molar-refractivity contribution in [3.05, 3.63) is 76.4 Å². The molecular weight excluding hydrogens is 274 g/mol. The second kappa shape index (κ2) is 5.27. The summed E-state index contributed by atoms with van der Waals surface area (Å²) in [7, 11) is 0. The first-order valence-electron chi connectivity index (χ1n) is 6.00. The zero-order valence-corrected chi connectivity index (χ0v) is 11.2. The number of nitrogens with zero attached hydrogens (tertiary/aromatic N) is 3. The van der Waals surface area contributed by atoms with E-state index in [4.69, 9.17) is 11.6 Å². The minimum absolute atomic E-state index is 0.180. The van der Waals surface area contributed by atoms with Gasteiger partial charge in [0.1, 0.15) is 0 Å². The fourth-order valence-corrected chi connectivity index (χ4v) is 2.06. The summed E-state index contributed by atoms with van der Waals surface area (Å²) in [5.74, 6) is 0. The fraction of sp³-hybridized carbons (Fsp3) is 0. The van der Waals surface area contributed by atoms with Gasteiger partial charge >= 0.3 is 0 Å². The molecule has 2 heterocycles. The topological polar surface area (TPSA) is 47.8 Å². The molecule has 0 aliphatic rings. The van der Waals surface area contributed by atoms with Crippen LogP contribution in [0.4, 0.5) is 0 Å². The Kier molecular flexibility index (Phi) is 3.31. The molecule has 0 fully saturated rings. The molecule has 0 saturated heterocycles. The lowest BCUT2D eigenvalue weighted by Crippen LogP contribution is -2.22. The first kappa shape index (κ1) is 12.6. The Hall–Kier alpha value is -2.46. The molecular formula is C15H10ClN3O. The second-order valence-electron chi connectivity index (χ2n) is 4.17. The fourth-order valence-electron chi connectivity index (χ4n) is 1.93. The molecule has 0 atom stereocenters. The summed E-state index contributed by atoms with van der Waals surface area (Å²) in [6, 6.07) is 12.3. The molecule has 0 saturated carbocycles. The van der Waals surface area contributed by atoms with Crippen LogP contribution in [-0.4, -0.2) is 14.8 Å². The third-order valence-electron chi connectivity index (χ3n) is 2.91. The Labute approximate surface area is 120 Å². The van der Waals surface area contributed by atoms with Crippen LogP contribution >= 0.6 is 11.6 Å². The number of hydrogen-bond donors (Lipinski definition) is 0. The molecule has 20 heavy (non-hydrogen) atoms. The summed E-state index contributed by atoms with van der Waals surface area (Å²) < 4.78 is 1.35. The smallest absolute Gasteiger partial charge is 0.267 e. The van der Waals surface area contributed by atoms with Crippen molar-refractivity contribution in [2.24, 2.45) is 0 Å². The number of benzene rings is 1. The van der Waals surface area contributed by atoms with E-state index in [1.54, 1.807) is 61.1 Å². The summed E-state index contributed by atoms with van der Waals surface area (Å²) >= 11 is 5.85. The number of rotatable bonds is 2. The number of hydrogen-bond acceptors (Lipinski definition) is 3. The van der Waals surface area contributed by atoms with Crippen molar-refractivity contribution < 1.29 is 0 Å². The predicted molar refractivity (Wildman–Crippen MR) is 78.1 cm³/mol. The van der Waals surface area contributed by atoms with E-state index in [0.717, 1.165) is 5.56 Å². The van der Waals surface area contributed by atoms with Crippen molar-refractivity contribution >= 4 is 11.6 Å². The van der Waals surface area contributed by atoms with Gasteiger partial charge in [0.15, 0.2) is 0 Å². The number of halogens is 1. The van der Waals surface area contributed by atoms with Crippen molar-refractivity contribution in [1.29, 1.82) is 0 Å². The molecule has 0 radical (unpaired) electrons. The Morgan fingerprint density at radius 1 is 0.900 bits per heavy atom. The van der Waals surface area contributed by atoms with Crippen LogP contribution in [-0.2, 0) is 0 Å². The Balaban J connectivity index is 2.15. The van der Waals surface area contributed by atoms with Gasteiger partial charge in [-0.2, -0.15) is 9.78 Å². The van der Waals surface area contributed by atoms with Gasteiger partial charge in [-0.15, -0.1) is 0 Å². The van der Waals surface area contributed by atoms with E-state index in [0.29, 0.717) is 16.3 Å². The van der Waals surface area contributed by atoms with Gasteiger partial charge in [-0.1, -0.05) is 11.6 Å². The van der Waals surface area contributed by atoms with E-state index in [9.17, 15) is 4.79 Å². The normalized spacial score (nSPS) is 10.4. The van der Waals surface area contributed by atoms with Crippen LogP contribution in [0.2, 0.25) is 5.02 Å². The highest BCUT2D eigenvalue weighted by molar-refractivity contribution is 6.30. The maximum Gasteiger partial charge on any atom is 0.279 e. The largest absolute Gasteiger partial charge is 0.279 e. The van der Waals surface area contributed by atoms with Gasteiger partial charge in [0.25, 0.3) is 5.56 Å². The van der Waals surface area contributed by atoms with E-state index in [1.165, 1.54) is 4.68 Å². The molecule has 2 aromatic heterocycles. The van der Waals surface area contributed by atoms with Crippen molar-refractivity contribution in [2.75, 3.05) is 0 Å². The van der Waals surface area contributed by atoms with Crippen molar-refractivity contribution in [3.63, 3.8) is 0 Å². The summed E-state index contributed by atoms with van der Waals surface area (Å²) in [5.41, 5.74) is 1.89. The molecule has 0 bridgehead atoms. The highest BCUT2D eigenvalue weighted by Crippen LogP contribution is 2.15. The van der Waals surface area contributed by atoms with Gasteiger partial charge in [-0.25, -0.2) is 0 Å². The van der Waals surface area contributed by atoms with Crippen LogP contribution in [0.15, 0.2) is 65.8 Å². The zero-order valence-electron chi connectivity index (χ0n) is 10.4. The van der Waals surface area contributed by atoms with Crippen LogP contribution in [0, 0.1) is 0 Å². The second-order valence-corrected chi connectivity index (χ2v) is 4.61.